The summed E-state index contributed by atoms with van der Waals surface area (Å²) in [5, 5.41) is 20.5. The van der Waals surface area contributed by atoms with Crippen molar-refractivity contribution < 1.29 is 52.3 Å². The molecule has 0 bridgehead atoms. The van der Waals surface area contributed by atoms with Crippen molar-refractivity contribution in [3.63, 3.8) is 0 Å². The van der Waals surface area contributed by atoms with Crippen molar-refractivity contribution >= 4 is 19.8 Å². The fraction of sp³-hybridized carbons (Fsp3) is 0.913. The average molecular weight is 848 g/mol. The van der Waals surface area contributed by atoms with E-state index in [-0.39, 0.29) is 26.1 Å². The molecule has 12 heteroatoms. The number of quaternary nitrogens is 1. The molecule has 0 aromatic carbocycles. The van der Waals surface area contributed by atoms with Crippen LogP contribution < -0.4 is 4.89 Å². The van der Waals surface area contributed by atoms with Crippen molar-refractivity contribution in [2.24, 2.45) is 0 Å². The van der Waals surface area contributed by atoms with E-state index >= 15 is 0 Å². The fourth-order valence-electron chi connectivity index (χ4n) is 6.62. The van der Waals surface area contributed by atoms with E-state index in [1.54, 1.807) is 0 Å². The van der Waals surface area contributed by atoms with Gasteiger partial charge in [-0.05, 0) is 38.5 Å². The maximum Gasteiger partial charge on any atom is 0.306 e. The standard InChI is InChI=1S/C46H90NO10P/c1-6-8-10-12-14-15-16-17-18-19-20-21-22-23-24-28-32-36-45(50)54-40-42(41-56-58(52,53)55-39-38-47(3,4)5)57-46(51)37-33-29-25-27-31-35-44(49)43(48)34-30-26-13-11-9-7-2/h26,30,42-44,48-49H,6-25,27-29,31-41H2,1-5H3/b30-26-/t42-,43+,44+/m1/s1. The number of ether oxygens (including phenoxy) is 2. The Morgan fingerprint density at radius 1 is 0.603 bits per heavy atom. The van der Waals surface area contributed by atoms with E-state index in [1.165, 1.54) is 103 Å². The van der Waals surface area contributed by atoms with Crippen LogP contribution >= 0.6 is 7.82 Å². The number of nitrogens with zero attached hydrogens (tertiary/aromatic N) is 1. The molecule has 0 aromatic heterocycles. The number of hydrogen-bond acceptors (Lipinski definition) is 10. The number of esters is 2. The Morgan fingerprint density at radius 3 is 1.59 bits per heavy atom. The summed E-state index contributed by atoms with van der Waals surface area (Å²) in [4.78, 5) is 37.6. The molecule has 0 aliphatic rings. The molecule has 58 heavy (non-hydrogen) atoms. The SMILES string of the molecule is CCCCC/C=C\C[C@H](O)[C@@H](O)CCCCCCCC(=O)O[C@H](COC(=O)CCCCCCCCCCCCCCCCCCC)COP(=O)([O-])OCC[N+](C)(C)C. The molecule has 0 fully saturated rings. The minimum atomic E-state index is -4.66. The largest absolute Gasteiger partial charge is 0.756 e. The molecule has 0 spiro atoms. The Bertz CT molecular complexity index is 1040. The number of unbranched alkanes of at least 4 members (excludes halogenated alkanes) is 23. The highest BCUT2D eigenvalue weighted by Gasteiger charge is 2.22. The Hall–Kier alpha value is -1.33. The van der Waals surface area contributed by atoms with Crippen molar-refractivity contribution in [2.45, 2.75) is 225 Å². The lowest BCUT2D eigenvalue weighted by Gasteiger charge is -2.28. The summed E-state index contributed by atoms with van der Waals surface area (Å²) in [5.74, 6) is -0.936. The zero-order chi connectivity index (χ0) is 43.2. The fourth-order valence-corrected chi connectivity index (χ4v) is 7.35. The number of carbonyl (C=O) groups is 2. The third-order valence-corrected chi connectivity index (χ3v) is 11.5. The molecule has 2 N–H and O–H groups in total. The maximum absolute atomic E-state index is 12.7. The van der Waals surface area contributed by atoms with Crippen LogP contribution in [0.25, 0.3) is 0 Å². The van der Waals surface area contributed by atoms with E-state index in [4.69, 9.17) is 18.5 Å². The third kappa shape index (κ3) is 40.1. The van der Waals surface area contributed by atoms with Crippen LogP contribution in [0.2, 0.25) is 0 Å². The Kier molecular flexibility index (Phi) is 37.7. The summed E-state index contributed by atoms with van der Waals surface area (Å²) in [5.41, 5.74) is 0. The van der Waals surface area contributed by atoms with Crippen molar-refractivity contribution in [1.29, 1.82) is 0 Å². The first-order valence-electron chi connectivity index (χ1n) is 23.6. The lowest BCUT2D eigenvalue weighted by atomic mass is 10.0. The lowest BCUT2D eigenvalue weighted by molar-refractivity contribution is -0.870. The highest BCUT2D eigenvalue weighted by molar-refractivity contribution is 7.45. The minimum Gasteiger partial charge on any atom is -0.756 e. The zero-order valence-electron chi connectivity index (χ0n) is 38.0. The Balaban J connectivity index is 4.40. The molecule has 0 aromatic rings. The molecular weight excluding hydrogens is 757 g/mol. The van der Waals surface area contributed by atoms with Gasteiger partial charge in [-0.1, -0.05) is 167 Å². The number of aliphatic hydroxyl groups is 2. The third-order valence-electron chi connectivity index (χ3n) is 10.5. The van der Waals surface area contributed by atoms with Crippen LogP contribution in [0.1, 0.15) is 206 Å². The number of rotatable bonds is 43. The van der Waals surface area contributed by atoms with E-state index in [2.05, 4.69) is 19.9 Å². The molecule has 0 aliphatic heterocycles. The van der Waals surface area contributed by atoms with Crippen LogP contribution in [0, 0.1) is 0 Å². The number of allylic oxidation sites excluding steroid dienone is 1. The van der Waals surface area contributed by atoms with Gasteiger partial charge in [0.2, 0.25) is 0 Å². The second-order valence-electron chi connectivity index (χ2n) is 17.4. The van der Waals surface area contributed by atoms with Gasteiger partial charge in [0, 0.05) is 12.8 Å². The monoisotopic (exact) mass is 848 g/mol. The summed E-state index contributed by atoms with van der Waals surface area (Å²) in [7, 11) is 1.08. The normalized spacial score (nSPS) is 14.7. The quantitative estimate of drug-likeness (QED) is 0.0199. The van der Waals surface area contributed by atoms with Gasteiger partial charge in [-0.15, -0.1) is 0 Å². The van der Waals surface area contributed by atoms with Gasteiger partial charge in [0.15, 0.2) is 6.10 Å². The van der Waals surface area contributed by atoms with Gasteiger partial charge in [-0.2, -0.15) is 0 Å². The van der Waals surface area contributed by atoms with Crippen LogP contribution in [0.15, 0.2) is 12.2 Å². The van der Waals surface area contributed by atoms with Crippen LogP contribution in [0.3, 0.4) is 0 Å². The van der Waals surface area contributed by atoms with E-state index in [1.807, 2.05) is 27.2 Å². The van der Waals surface area contributed by atoms with Crippen molar-refractivity contribution in [2.75, 3.05) is 47.5 Å². The molecule has 0 aliphatic carbocycles. The van der Waals surface area contributed by atoms with Gasteiger partial charge in [0.1, 0.15) is 19.8 Å². The van der Waals surface area contributed by atoms with Crippen LogP contribution in [0.4, 0.5) is 0 Å². The van der Waals surface area contributed by atoms with Gasteiger partial charge in [-0.25, -0.2) is 0 Å². The van der Waals surface area contributed by atoms with Crippen LogP contribution in [-0.4, -0.2) is 92.5 Å². The summed E-state index contributed by atoms with van der Waals surface area (Å²) in [6.45, 7) is 4.01. The molecule has 0 amide bonds. The van der Waals surface area contributed by atoms with Gasteiger partial charge >= 0.3 is 11.9 Å². The molecular formula is C46H90NO10P. The summed E-state index contributed by atoms with van der Waals surface area (Å²) in [6.07, 6.45) is 32.5. The van der Waals surface area contributed by atoms with E-state index < -0.39 is 44.7 Å². The lowest BCUT2D eigenvalue weighted by Crippen LogP contribution is -2.37. The van der Waals surface area contributed by atoms with E-state index in [9.17, 15) is 29.3 Å². The number of phosphoric acid groups is 1. The molecule has 11 nitrogen and oxygen atoms in total. The molecule has 0 saturated carbocycles. The van der Waals surface area contributed by atoms with Gasteiger partial charge in [0.25, 0.3) is 7.82 Å². The summed E-state index contributed by atoms with van der Waals surface area (Å²) in [6, 6.07) is 0. The van der Waals surface area contributed by atoms with Crippen molar-refractivity contribution in [3.8, 4) is 0 Å². The van der Waals surface area contributed by atoms with Crippen LogP contribution in [-0.2, 0) is 32.7 Å². The average Bonchev–Trinajstić information content (AvgIpc) is 3.17. The Labute approximate surface area is 355 Å². The number of likely N-dealkylation sites (N-methyl/N-ethyl adjacent to an activating group) is 1. The topological polar surface area (TPSA) is 152 Å². The number of aliphatic hydroxyl groups excluding tert-OH is 2. The minimum absolute atomic E-state index is 0.0564. The highest BCUT2D eigenvalue weighted by Crippen LogP contribution is 2.38. The van der Waals surface area contributed by atoms with Gasteiger partial charge in [0.05, 0.1) is 40.0 Å². The smallest absolute Gasteiger partial charge is 0.306 e. The first kappa shape index (κ1) is 56.7. The predicted octanol–water partition coefficient (Wildman–Crippen LogP) is 10.7. The highest BCUT2D eigenvalue weighted by atomic mass is 31.2. The van der Waals surface area contributed by atoms with Crippen molar-refractivity contribution in [1.82, 2.24) is 0 Å². The number of carbonyl (C=O) groups excluding carboxylic acids is 2. The molecule has 344 valence electrons. The maximum atomic E-state index is 12.7. The number of hydrogen-bond donors (Lipinski definition) is 2. The van der Waals surface area contributed by atoms with E-state index in [0.29, 0.717) is 36.7 Å². The second kappa shape index (κ2) is 38.6. The molecule has 0 saturated heterocycles. The zero-order valence-corrected chi connectivity index (χ0v) is 38.9. The first-order valence-corrected chi connectivity index (χ1v) is 25.0. The molecule has 0 heterocycles. The van der Waals surface area contributed by atoms with Gasteiger partial charge in [-0.3, -0.25) is 14.2 Å². The number of phosphoric ester groups is 1. The molecule has 0 radical (unpaired) electrons. The first-order chi connectivity index (χ1) is 27.8. The summed E-state index contributed by atoms with van der Waals surface area (Å²) < 4.78 is 33.8. The summed E-state index contributed by atoms with van der Waals surface area (Å²) >= 11 is 0. The van der Waals surface area contributed by atoms with Crippen LogP contribution in [0.5, 0.6) is 0 Å². The van der Waals surface area contributed by atoms with Crippen molar-refractivity contribution in [3.05, 3.63) is 12.2 Å². The van der Waals surface area contributed by atoms with Gasteiger partial charge < -0.3 is 38.1 Å². The van der Waals surface area contributed by atoms with E-state index in [0.717, 1.165) is 51.4 Å². The molecule has 1 unspecified atom stereocenters. The Morgan fingerprint density at radius 2 is 1.07 bits per heavy atom. The second-order valence-corrected chi connectivity index (χ2v) is 18.8. The molecule has 0 rings (SSSR count). The predicted molar refractivity (Wildman–Crippen MR) is 234 cm³/mol. The molecule has 4 atom stereocenters.